The number of anilines is 2. The van der Waals surface area contributed by atoms with Gasteiger partial charge in [0.15, 0.2) is 0 Å². The standard InChI is InChI=1S/C17H18N2O4S/c1-11-10-12(18-15(20)5-2-6-16(21)22)7-8-13(11)19-17(23)14-4-3-9-24-14/h3-4,7-10H,2,5-6H2,1H3,(H,18,20)(H,19,23)(H,21,22). The zero-order chi connectivity index (χ0) is 17.5. The lowest BCUT2D eigenvalue weighted by atomic mass is 10.1. The molecule has 24 heavy (non-hydrogen) atoms. The molecule has 3 N–H and O–H groups in total. The van der Waals surface area contributed by atoms with Gasteiger partial charge in [0.1, 0.15) is 0 Å². The Hall–Kier alpha value is -2.67. The van der Waals surface area contributed by atoms with Gasteiger partial charge in [-0.25, -0.2) is 0 Å². The van der Waals surface area contributed by atoms with E-state index in [1.54, 1.807) is 24.3 Å². The monoisotopic (exact) mass is 346 g/mol. The minimum Gasteiger partial charge on any atom is -0.481 e. The van der Waals surface area contributed by atoms with Crippen LogP contribution in [0.3, 0.4) is 0 Å². The number of amides is 2. The molecule has 126 valence electrons. The smallest absolute Gasteiger partial charge is 0.303 e. The normalized spacial score (nSPS) is 10.2. The van der Waals surface area contributed by atoms with E-state index >= 15 is 0 Å². The first-order valence-corrected chi connectivity index (χ1v) is 8.31. The van der Waals surface area contributed by atoms with E-state index < -0.39 is 5.97 Å². The lowest BCUT2D eigenvalue weighted by Crippen LogP contribution is -2.13. The fourth-order valence-electron chi connectivity index (χ4n) is 2.10. The van der Waals surface area contributed by atoms with Gasteiger partial charge in [0.05, 0.1) is 4.88 Å². The summed E-state index contributed by atoms with van der Waals surface area (Å²) in [5.74, 6) is -1.31. The second kappa shape index (κ2) is 8.26. The Morgan fingerprint density at radius 3 is 2.54 bits per heavy atom. The number of carboxylic acid groups (broad SMARTS) is 1. The lowest BCUT2D eigenvalue weighted by Gasteiger charge is -2.10. The molecule has 7 heteroatoms. The molecule has 0 bridgehead atoms. The number of nitrogens with one attached hydrogen (secondary N) is 2. The maximum Gasteiger partial charge on any atom is 0.303 e. The molecule has 0 aliphatic carbocycles. The fraction of sp³-hybridized carbons (Fsp3) is 0.235. The number of aliphatic carboxylic acids is 1. The molecule has 0 radical (unpaired) electrons. The molecule has 0 atom stereocenters. The molecule has 0 aliphatic rings. The first kappa shape index (κ1) is 17.7. The Balaban J connectivity index is 1.93. The van der Waals surface area contributed by atoms with Gasteiger partial charge in [-0.1, -0.05) is 6.07 Å². The van der Waals surface area contributed by atoms with Crippen LogP contribution in [0.2, 0.25) is 0 Å². The quantitative estimate of drug-likeness (QED) is 0.715. The number of carbonyl (C=O) groups is 3. The first-order valence-electron chi connectivity index (χ1n) is 7.43. The summed E-state index contributed by atoms with van der Waals surface area (Å²) in [4.78, 5) is 34.9. The Bertz CT molecular complexity index is 741. The van der Waals surface area contributed by atoms with Crippen LogP contribution in [0.25, 0.3) is 0 Å². The summed E-state index contributed by atoms with van der Waals surface area (Å²) in [6.07, 6.45) is 0.428. The number of hydrogen-bond acceptors (Lipinski definition) is 4. The Morgan fingerprint density at radius 1 is 1.12 bits per heavy atom. The van der Waals surface area contributed by atoms with Crippen molar-refractivity contribution in [2.45, 2.75) is 26.2 Å². The van der Waals surface area contributed by atoms with Crippen molar-refractivity contribution in [1.82, 2.24) is 0 Å². The minimum atomic E-state index is -0.913. The van der Waals surface area contributed by atoms with E-state index in [2.05, 4.69) is 10.6 Å². The number of carboxylic acids is 1. The number of aryl methyl sites for hydroxylation is 1. The van der Waals surface area contributed by atoms with Crippen LogP contribution < -0.4 is 10.6 Å². The van der Waals surface area contributed by atoms with Crippen molar-refractivity contribution in [3.8, 4) is 0 Å². The highest BCUT2D eigenvalue weighted by atomic mass is 32.1. The average molecular weight is 346 g/mol. The molecule has 0 saturated carbocycles. The second-order valence-corrected chi connectivity index (χ2v) is 6.20. The van der Waals surface area contributed by atoms with Crippen molar-refractivity contribution < 1.29 is 19.5 Å². The molecule has 2 rings (SSSR count). The van der Waals surface area contributed by atoms with E-state index in [0.717, 1.165) is 5.56 Å². The van der Waals surface area contributed by atoms with Crippen LogP contribution in [-0.4, -0.2) is 22.9 Å². The highest BCUT2D eigenvalue weighted by Gasteiger charge is 2.10. The van der Waals surface area contributed by atoms with Gasteiger partial charge < -0.3 is 15.7 Å². The van der Waals surface area contributed by atoms with Crippen LogP contribution in [0.1, 0.15) is 34.5 Å². The van der Waals surface area contributed by atoms with Crippen molar-refractivity contribution >= 4 is 40.5 Å². The predicted octanol–water partition coefficient (Wildman–Crippen LogP) is 3.50. The van der Waals surface area contributed by atoms with Crippen LogP contribution >= 0.6 is 11.3 Å². The van der Waals surface area contributed by atoms with E-state index in [0.29, 0.717) is 22.7 Å². The summed E-state index contributed by atoms with van der Waals surface area (Å²) in [6.45, 7) is 1.84. The maximum atomic E-state index is 12.0. The van der Waals surface area contributed by atoms with E-state index in [-0.39, 0.29) is 24.7 Å². The van der Waals surface area contributed by atoms with Crippen LogP contribution in [0, 0.1) is 6.92 Å². The number of benzene rings is 1. The van der Waals surface area contributed by atoms with E-state index in [9.17, 15) is 14.4 Å². The summed E-state index contributed by atoms with van der Waals surface area (Å²) in [6, 6.07) is 8.76. The van der Waals surface area contributed by atoms with Crippen molar-refractivity contribution in [2.75, 3.05) is 10.6 Å². The summed E-state index contributed by atoms with van der Waals surface area (Å²) in [5, 5.41) is 16.0. The van der Waals surface area contributed by atoms with Crippen molar-refractivity contribution in [2.24, 2.45) is 0 Å². The van der Waals surface area contributed by atoms with Crippen LogP contribution in [-0.2, 0) is 9.59 Å². The zero-order valence-corrected chi connectivity index (χ0v) is 14.0. The van der Waals surface area contributed by atoms with Gasteiger partial charge in [-0.05, 0) is 48.6 Å². The van der Waals surface area contributed by atoms with Gasteiger partial charge >= 0.3 is 5.97 Å². The summed E-state index contributed by atoms with van der Waals surface area (Å²) in [7, 11) is 0. The van der Waals surface area contributed by atoms with Crippen LogP contribution in [0.15, 0.2) is 35.7 Å². The van der Waals surface area contributed by atoms with Gasteiger partial charge in [-0.15, -0.1) is 11.3 Å². The summed E-state index contributed by atoms with van der Waals surface area (Å²) >= 11 is 1.37. The Kier molecular flexibility index (Phi) is 6.08. The van der Waals surface area contributed by atoms with Gasteiger partial charge in [-0.2, -0.15) is 0 Å². The Morgan fingerprint density at radius 2 is 1.92 bits per heavy atom. The van der Waals surface area contributed by atoms with E-state index in [4.69, 9.17) is 5.11 Å². The third kappa shape index (κ3) is 5.20. The molecular formula is C17H18N2O4S. The van der Waals surface area contributed by atoms with Crippen molar-refractivity contribution in [3.05, 3.63) is 46.2 Å². The molecule has 2 amide bonds. The third-order valence-electron chi connectivity index (χ3n) is 3.30. The highest BCUT2D eigenvalue weighted by Crippen LogP contribution is 2.21. The first-order chi connectivity index (χ1) is 11.5. The van der Waals surface area contributed by atoms with Gasteiger partial charge in [-0.3, -0.25) is 14.4 Å². The van der Waals surface area contributed by atoms with Crippen molar-refractivity contribution in [3.63, 3.8) is 0 Å². The third-order valence-corrected chi connectivity index (χ3v) is 4.17. The predicted molar refractivity (Wildman–Crippen MR) is 93.6 cm³/mol. The van der Waals surface area contributed by atoms with E-state index in [1.807, 2.05) is 18.4 Å². The molecule has 1 aromatic heterocycles. The molecule has 1 heterocycles. The largest absolute Gasteiger partial charge is 0.481 e. The number of thiophene rings is 1. The molecule has 0 fully saturated rings. The molecule has 1 aromatic carbocycles. The molecule has 0 spiro atoms. The zero-order valence-electron chi connectivity index (χ0n) is 13.2. The highest BCUT2D eigenvalue weighted by molar-refractivity contribution is 7.12. The Labute approximate surface area is 143 Å². The molecule has 0 unspecified atom stereocenters. The molecule has 0 aliphatic heterocycles. The average Bonchev–Trinajstić information content (AvgIpc) is 3.04. The SMILES string of the molecule is Cc1cc(NC(=O)CCCC(=O)O)ccc1NC(=O)c1cccs1. The van der Waals surface area contributed by atoms with Gasteiger partial charge in [0, 0.05) is 24.2 Å². The number of hydrogen-bond donors (Lipinski definition) is 3. The number of carbonyl (C=O) groups excluding carboxylic acids is 2. The molecule has 6 nitrogen and oxygen atoms in total. The molecular weight excluding hydrogens is 328 g/mol. The summed E-state index contributed by atoms with van der Waals surface area (Å²) in [5.41, 5.74) is 2.11. The van der Waals surface area contributed by atoms with E-state index in [1.165, 1.54) is 11.3 Å². The van der Waals surface area contributed by atoms with Crippen LogP contribution in [0.5, 0.6) is 0 Å². The van der Waals surface area contributed by atoms with Gasteiger partial charge in [0.2, 0.25) is 5.91 Å². The lowest BCUT2D eigenvalue weighted by molar-refractivity contribution is -0.137. The fourth-order valence-corrected chi connectivity index (χ4v) is 2.72. The number of rotatable bonds is 7. The molecule has 2 aromatic rings. The topological polar surface area (TPSA) is 95.5 Å². The minimum absolute atomic E-state index is 0.0276. The summed E-state index contributed by atoms with van der Waals surface area (Å²) < 4.78 is 0. The van der Waals surface area contributed by atoms with Crippen LogP contribution in [0.4, 0.5) is 11.4 Å². The maximum absolute atomic E-state index is 12.0. The molecule has 0 saturated heterocycles. The van der Waals surface area contributed by atoms with Crippen molar-refractivity contribution in [1.29, 1.82) is 0 Å². The van der Waals surface area contributed by atoms with Gasteiger partial charge in [0.25, 0.3) is 5.91 Å². The second-order valence-electron chi connectivity index (χ2n) is 5.26.